The van der Waals surface area contributed by atoms with Gasteiger partial charge in [0, 0.05) is 12.4 Å². The Bertz CT molecular complexity index is 326. The Morgan fingerprint density at radius 1 is 1.44 bits per heavy atom. The van der Waals surface area contributed by atoms with Crippen LogP contribution in [-0.4, -0.2) is 23.7 Å². The minimum Gasteiger partial charge on any atom is -0.550 e. The van der Waals surface area contributed by atoms with Gasteiger partial charge in [0.05, 0.1) is 6.54 Å². The molecule has 16 heavy (non-hydrogen) atoms. The van der Waals surface area contributed by atoms with Gasteiger partial charge in [-0.1, -0.05) is 30.3 Å². The zero-order valence-corrected chi connectivity index (χ0v) is 9.30. The predicted octanol–water partition coefficient (Wildman–Crippen LogP) is -1.19. The molecule has 3 N–H and O–H groups in total. The molecule has 0 unspecified atom stereocenters. The highest BCUT2D eigenvalue weighted by Gasteiger charge is 2.18. The lowest BCUT2D eigenvalue weighted by Crippen LogP contribution is -2.90. The van der Waals surface area contributed by atoms with Crippen molar-refractivity contribution in [3.63, 3.8) is 0 Å². The molecule has 1 aromatic rings. The summed E-state index contributed by atoms with van der Waals surface area (Å²) in [7, 11) is 0. The second-order valence-corrected chi connectivity index (χ2v) is 3.86. The number of rotatable bonds is 6. The normalized spacial score (nSPS) is 14.4. The van der Waals surface area contributed by atoms with Gasteiger partial charge in [-0.25, -0.2) is 0 Å². The van der Waals surface area contributed by atoms with Crippen molar-refractivity contribution in [2.45, 2.75) is 25.5 Å². The summed E-state index contributed by atoms with van der Waals surface area (Å²) in [6, 6.07) is 9.27. The molecule has 0 fully saturated rings. The van der Waals surface area contributed by atoms with Gasteiger partial charge in [0.25, 0.3) is 0 Å². The van der Waals surface area contributed by atoms with Crippen LogP contribution in [0.1, 0.15) is 25.0 Å². The molecule has 0 aromatic heterocycles. The summed E-state index contributed by atoms with van der Waals surface area (Å²) in [5.74, 6) is -1.06. The van der Waals surface area contributed by atoms with Gasteiger partial charge in [-0.2, -0.15) is 0 Å². The fourth-order valence-corrected chi connectivity index (χ4v) is 1.55. The van der Waals surface area contributed by atoms with E-state index in [0.717, 1.165) is 5.56 Å². The number of carbonyl (C=O) groups excluding carboxylic acids is 1. The second-order valence-electron chi connectivity index (χ2n) is 3.86. The van der Waals surface area contributed by atoms with E-state index >= 15 is 0 Å². The van der Waals surface area contributed by atoms with Gasteiger partial charge in [0.15, 0.2) is 0 Å². The number of carboxylic acids is 1. The Balaban J connectivity index is 2.42. The van der Waals surface area contributed by atoms with Crippen molar-refractivity contribution in [1.29, 1.82) is 0 Å². The quantitative estimate of drug-likeness (QED) is 0.637. The number of nitrogens with two attached hydrogens (primary N) is 1. The zero-order chi connectivity index (χ0) is 12.0. The maximum Gasteiger partial charge on any atom is 0.130 e. The van der Waals surface area contributed by atoms with Crippen LogP contribution in [0.3, 0.4) is 0 Å². The number of carbonyl (C=O) groups is 1. The zero-order valence-electron chi connectivity index (χ0n) is 9.30. The lowest BCUT2D eigenvalue weighted by Gasteiger charge is -2.17. The molecule has 88 valence electrons. The van der Waals surface area contributed by atoms with E-state index in [9.17, 15) is 15.0 Å². The lowest BCUT2D eigenvalue weighted by atomic mass is 10.0. The summed E-state index contributed by atoms with van der Waals surface area (Å²) in [4.78, 5) is 10.2. The van der Waals surface area contributed by atoms with Crippen molar-refractivity contribution in [1.82, 2.24) is 0 Å². The van der Waals surface area contributed by atoms with Crippen molar-refractivity contribution >= 4 is 5.97 Å². The molecule has 0 aliphatic carbocycles. The van der Waals surface area contributed by atoms with Crippen molar-refractivity contribution < 1.29 is 20.3 Å². The van der Waals surface area contributed by atoms with Gasteiger partial charge in [-0.3, -0.25) is 0 Å². The number of carboxylic acid groups (broad SMARTS) is 1. The average Bonchev–Trinajstić information content (AvgIpc) is 2.28. The highest BCUT2D eigenvalue weighted by atomic mass is 16.4. The molecule has 0 amide bonds. The molecule has 0 saturated heterocycles. The van der Waals surface area contributed by atoms with Gasteiger partial charge in [0.1, 0.15) is 12.1 Å². The Morgan fingerprint density at radius 3 is 2.62 bits per heavy atom. The molecule has 0 bridgehead atoms. The summed E-state index contributed by atoms with van der Waals surface area (Å²) in [6.45, 7) is 2.29. The van der Waals surface area contributed by atoms with Gasteiger partial charge in [-0.15, -0.1) is 0 Å². The molecule has 2 atom stereocenters. The van der Waals surface area contributed by atoms with Crippen LogP contribution in [0.25, 0.3) is 0 Å². The highest BCUT2D eigenvalue weighted by Crippen LogP contribution is 2.13. The van der Waals surface area contributed by atoms with Crippen molar-refractivity contribution in [3.8, 4) is 0 Å². The molecular weight excluding hydrogens is 206 g/mol. The molecule has 0 aliphatic heterocycles. The Labute approximate surface area is 94.9 Å². The van der Waals surface area contributed by atoms with E-state index in [-0.39, 0.29) is 12.5 Å². The first kappa shape index (κ1) is 12.7. The van der Waals surface area contributed by atoms with Gasteiger partial charge in [-0.05, 0) is 12.5 Å². The van der Waals surface area contributed by atoms with E-state index < -0.39 is 12.1 Å². The lowest BCUT2D eigenvalue weighted by molar-refractivity contribution is -0.694. The molecule has 0 saturated carbocycles. The smallest absolute Gasteiger partial charge is 0.130 e. The van der Waals surface area contributed by atoms with E-state index in [1.807, 2.05) is 42.6 Å². The van der Waals surface area contributed by atoms with Crippen molar-refractivity contribution in [2.24, 2.45) is 0 Å². The van der Waals surface area contributed by atoms with E-state index in [1.54, 1.807) is 0 Å². The third-order valence-electron chi connectivity index (χ3n) is 2.53. The average molecular weight is 223 g/mol. The summed E-state index contributed by atoms with van der Waals surface area (Å²) in [5.41, 5.74) is 0.847. The minimum absolute atomic E-state index is 0.00580. The topological polar surface area (TPSA) is 77.0 Å². The molecule has 0 aliphatic rings. The van der Waals surface area contributed by atoms with Crippen molar-refractivity contribution in [2.75, 3.05) is 6.54 Å². The van der Waals surface area contributed by atoms with Gasteiger partial charge in [0.2, 0.25) is 0 Å². The number of hydrogen-bond acceptors (Lipinski definition) is 3. The monoisotopic (exact) mass is 223 g/mol. The van der Waals surface area contributed by atoms with Crippen LogP contribution in [0.15, 0.2) is 30.3 Å². The second kappa shape index (κ2) is 6.25. The van der Waals surface area contributed by atoms with Crippen LogP contribution >= 0.6 is 0 Å². The molecule has 0 spiro atoms. The fourth-order valence-electron chi connectivity index (χ4n) is 1.55. The van der Waals surface area contributed by atoms with Crippen LogP contribution in [-0.2, 0) is 4.79 Å². The summed E-state index contributed by atoms with van der Waals surface area (Å²) in [5, 5.41) is 22.0. The van der Waals surface area contributed by atoms with Crippen LogP contribution in [0.4, 0.5) is 0 Å². The van der Waals surface area contributed by atoms with E-state index in [0.29, 0.717) is 6.54 Å². The summed E-state index contributed by atoms with van der Waals surface area (Å²) >= 11 is 0. The van der Waals surface area contributed by atoms with Crippen LogP contribution in [0.5, 0.6) is 0 Å². The first-order chi connectivity index (χ1) is 7.61. The van der Waals surface area contributed by atoms with E-state index in [2.05, 4.69) is 0 Å². The van der Waals surface area contributed by atoms with Gasteiger partial charge >= 0.3 is 0 Å². The Hall–Kier alpha value is -1.39. The number of benzene rings is 1. The number of aliphatic hydroxyl groups excluding tert-OH is 1. The van der Waals surface area contributed by atoms with Gasteiger partial charge < -0.3 is 20.3 Å². The molecule has 1 rings (SSSR count). The number of aliphatic hydroxyl groups is 1. The molecule has 4 heteroatoms. The number of hydrogen-bond donors (Lipinski definition) is 2. The largest absolute Gasteiger partial charge is 0.550 e. The predicted molar refractivity (Wildman–Crippen MR) is 57.3 cm³/mol. The standard InChI is InChI=1S/C12H17NO3/c1-9(13-8-7-11(14)15)12(16)10-5-3-2-4-6-10/h2-6,9,12-13,16H,7-8H2,1H3,(H,14,15)/t9-,12+/m0/s1. The first-order valence-corrected chi connectivity index (χ1v) is 5.37. The number of aliphatic carboxylic acids is 1. The summed E-state index contributed by atoms with van der Waals surface area (Å²) < 4.78 is 0. The highest BCUT2D eigenvalue weighted by molar-refractivity contribution is 5.64. The van der Waals surface area contributed by atoms with Crippen LogP contribution < -0.4 is 10.4 Å². The Morgan fingerprint density at radius 2 is 2.06 bits per heavy atom. The third kappa shape index (κ3) is 4.00. The molecule has 4 nitrogen and oxygen atoms in total. The molecule has 0 heterocycles. The maximum absolute atomic E-state index is 10.2. The first-order valence-electron chi connectivity index (χ1n) is 5.37. The summed E-state index contributed by atoms with van der Waals surface area (Å²) in [6.07, 6.45) is -0.575. The van der Waals surface area contributed by atoms with Crippen molar-refractivity contribution in [3.05, 3.63) is 35.9 Å². The molecule has 0 radical (unpaired) electrons. The third-order valence-corrected chi connectivity index (χ3v) is 2.53. The Kier molecular flexibility index (Phi) is 4.95. The maximum atomic E-state index is 10.2. The van der Waals surface area contributed by atoms with Crippen LogP contribution in [0.2, 0.25) is 0 Å². The van der Waals surface area contributed by atoms with E-state index in [4.69, 9.17) is 0 Å². The van der Waals surface area contributed by atoms with E-state index in [1.165, 1.54) is 0 Å². The minimum atomic E-state index is -1.06. The fraction of sp³-hybridized carbons (Fsp3) is 0.417. The van der Waals surface area contributed by atoms with Crippen LogP contribution in [0, 0.1) is 0 Å². The molecular formula is C12H17NO3. The molecule has 1 aromatic carbocycles. The number of quaternary nitrogens is 1. The SMILES string of the molecule is C[C@H]([NH2+]CCC(=O)[O-])[C@@H](O)c1ccccc1.